The van der Waals surface area contributed by atoms with Crippen LogP contribution in [0, 0.1) is 6.92 Å². The first kappa shape index (κ1) is 15.6. The summed E-state index contributed by atoms with van der Waals surface area (Å²) in [5, 5.41) is 0. The smallest absolute Gasteiger partial charge is 0.119 e. The van der Waals surface area contributed by atoms with Gasteiger partial charge in [-0.3, -0.25) is 0 Å². The van der Waals surface area contributed by atoms with Crippen molar-refractivity contribution in [2.75, 3.05) is 6.61 Å². The van der Waals surface area contributed by atoms with Gasteiger partial charge >= 0.3 is 0 Å². The van der Waals surface area contributed by atoms with Crippen LogP contribution in [0.15, 0.2) is 48.5 Å². The molecule has 112 valence electrons. The van der Waals surface area contributed by atoms with Crippen LogP contribution >= 0.6 is 0 Å². The zero-order chi connectivity index (χ0) is 15.1. The first-order chi connectivity index (χ1) is 10.2. The molecule has 0 radical (unpaired) electrons. The molecule has 0 bridgehead atoms. The molecule has 0 fully saturated rings. The Hall–Kier alpha value is -1.80. The molecule has 0 saturated heterocycles. The molecule has 0 aromatic heterocycles. The van der Waals surface area contributed by atoms with Crippen molar-refractivity contribution in [2.45, 2.75) is 39.2 Å². The Morgan fingerprint density at radius 3 is 2.43 bits per heavy atom. The lowest BCUT2D eigenvalue weighted by Crippen LogP contribution is -2.25. The number of ether oxygens (including phenoxy) is 1. The Balaban J connectivity index is 1.75. The van der Waals surface area contributed by atoms with Crippen molar-refractivity contribution in [1.82, 2.24) is 0 Å². The van der Waals surface area contributed by atoms with Crippen LogP contribution in [0.3, 0.4) is 0 Å². The number of rotatable bonds is 7. The second-order valence-corrected chi connectivity index (χ2v) is 5.59. The van der Waals surface area contributed by atoms with E-state index in [0.29, 0.717) is 6.61 Å². The van der Waals surface area contributed by atoms with Crippen LogP contribution in [-0.4, -0.2) is 12.6 Å². The van der Waals surface area contributed by atoms with E-state index in [-0.39, 0.29) is 6.04 Å². The zero-order valence-corrected chi connectivity index (χ0v) is 13.0. The van der Waals surface area contributed by atoms with Gasteiger partial charge in [0.1, 0.15) is 5.75 Å². The normalized spacial score (nSPS) is 12.1. The molecule has 1 atom stereocenters. The van der Waals surface area contributed by atoms with Crippen LogP contribution in [-0.2, 0) is 12.8 Å². The van der Waals surface area contributed by atoms with Gasteiger partial charge in [-0.25, -0.2) is 0 Å². The van der Waals surface area contributed by atoms with Gasteiger partial charge in [-0.05, 0) is 55.0 Å². The lowest BCUT2D eigenvalue weighted by Gasteiger charge is -2.13. The Labute approximate surface area is 127 Å². The lowest BCUT2D eigenvalue weighted by molar-refractivity contribution is 0.297. The topological polar surface area (TPSA) is 35.2 Å². The van der Waals surface area contributed by atoms with Crippen molar-refractivity contribution < 1.29 is 4.74 Å². The first-order valence-corrected chi connectivity index (χ1v) is 7.70. The lowest BCUT2D eigenvalue weighted by atomic mass is 10.0. The summed E-state index contributed by atoms with van der Waals surface area (Å²) in [5.41, 5.74) is 10.1. The Morgan fingerprint density at radius 2 is 1.76 bits per heavy atom. The molecule has 0 aliphatic heterocycles. The van der Waals surface area contributed by atoms with Crippen LogP contribution < -0.4 is 10.5 Å². The fourth-order valence-corrected chi connectivity index (χ4v) is 2.35. The summed E-state index contributed by atoms with van der Waals surface area (Å²) in [6.07, 6.45) is 2.85. The molecule has 2 N–H and O–H groups in total. The van der Waals surface area contributed by atoms with Crippen molar-refractivity contribution in [1.29, 1.82) is 0 Å². The molecule has 2 aromatic rings. The molecule has 0 amide bonds. The Morgan fingerprint density at radius 1 is 1.05 bits per heavy atom. The molecule has 2 aromatic carbocycles. The van der Waals surface area contributed by atoms with Gasteiger partial charge in [0.25, 0.3) is 0 Å². The van der Waals surface area contributed by atoms with Crippen molar-refractivity contribution in [3.8, 4) is 5.75 Å². The summed E-state index contributed by atoms with van der Waals surface area (Å²) in [4.78, 5) is 0. The summed E-state index contributed by atoms with van der Waals surface area (Å²) in [5.74, 6) is 0.925. The van der Waals surface area contributed by atoms with E-state index in [2.05, 4.69) is 50.2 Å². The molecule has 0 aliphatic rings. The van der Waals surface area contributed by atoms with Gasteiger partial charge in [0.2, 0.25) is 0 Å². The second kappa shape index (κ2) is 7.84. The third-order valence-corrected chi connectivity index (χ3v) is 3.68. The molecular weight excluding hydrogens is 258 g/mol. The van der Waals surface area contributed by atoms with Gasteiger partial charge in [0.05, 0.1) is 6.61 Å². The van der Waals surface area contributed by atoms with Gasteiger partial charge in [-0.1, -0.05) is 43.3 Å². The number of nitrogens with two attached hydrogens (primary N) is 1. The summed E-state index contributed by atoms with van der Waals surface area (Å²) >= 11 is 0. The summed E-state index contributed by atoms with van der Waals surface area (Å²) in [6, 6.07) is 17.0. The second-order valence-electron chi connectivity index (χ2n) is 5.59. The van der Waals surface area contributed by atoms with E-state index in [1.807, 2.05) is 12.1 Å². The van der Waals surface area contributed by atoms with E-state index in [4.69, 9.17) is 10.5 Å². The molecule has 0 spiro atoms. The van der Waals surface area contributed by atoms with Gasteiger partial charge in [-0.2, -0.15) is 0 Å². The van der Waals surface area contributed by atoms with Gasteiger partial charge < -0.3 is 10.5 Å². The highest BCUT2D eigenvalue weighted by molar-refractivity contribution is 5.27. The van der Waals surface area contributed by atoms with Crippen molar-refractivity contribution in [2.24, 2.45) is 5.73 Å². The summed E-state index contributed by atoms with van der Waals surface area (Å²) in [6.45, 7) is 4.90. The molecule has 2 rings (SSSR count). The minimum absolute atomic E-state index is 0.141. The standard InChI is InChI=1S/C19H25NO/c1-3-16-7-9-17(10-8-16)14-18(20)11-12-21-19-6-4-5-15(2)13-19/h4-10,13,18H,3,11-12,14,20H2,1-2H3. The largest absolute Gasteiger partial charge is 0.494 e. The van der Waals surface area contributed by atoms with E-state index in [9.17, 15) is 0 Å². The predicted octanol–water partition coefficient (Wildman–Crippen LogP) is 3.90. The Kier molecular flexibility index (Phi) is 5.82. The molecule has 2 nitrogen and oxygen atoms in total. The van der Waals surface area contributed by atoms with Gasteiger partial charge in [0, 0.05) is 6.04 Å². The highest BCUT2D eigenvalue weighted by Crippen LogP contribution is 2.13. The monoisotopic (exact) mass is 283 g/mol. The van der Waals surface area contributed by atoms with Crippen molar-refractivity contribution in [3.05, 3.63) is 65.2 Å². The summed E-state index contributed by atoms with van der Waals surface area (Å²) < 4.78 is 5.75. The summed E-state index contributed by atoms with van der Waals surface area (Å²) in [7, 11) is 0. The SMILES string of the molecule is CCc1ccc(CC(N)CCOc2cccc(C)c2)cc1. The van der Waals surface area contributed by atoms with Crippen LogP contribution in [0.4, 0.5) is 0 Å². The molecular formula is C19H25NO. The van der Waals surface area contributed by atoms with Crippen LogP contribution in [0.5, 0.6) is 5.75 Å². The minimum Gasteiger partial charge on any atom is -0.494 e. The molecule has 21 heavy (non-hydrogen) atoms. The van der Waals surface area contributed by atoms with E-state index in [0.717, 1.165) is 25.0 Å². The number of hydrogen-bond acceptors (Lipinski definition) is 2. The molecule has 0 heterocycles. The van der Waals surface area contributed by atoms with E-state index < -0.39 is 0 Å². The van der Waals surface area contributed by atoms with Gasteiger partial charge in [0.15, 0.2) is 0 Å². The average molecular weight is 283 g/mol. The first-order valence-electron chi connectivity index (χ1n) is 7.70. The van der Waals surface area contributed by atoms with Crippen molar-refractivity contribution >= 4 is 0 Å². The number of aryl methyl sites for hydroxylation is 2. The zero-order valence-electron chi connectivity index (χ0n) is 13.0. The quantitative estimate of drug-likeness (QED) is 0.836. The maximum atomic E-state index is 6.19. The van der Waals surface area contributed by atoms with E-state index >= 15 is 0 Å². The molecule has 0 saturated carbocycles. The fourth-order valence-electron chi connectivity index (χ4n) is 2.35. The molecule has 2 heteroatoms. The minimum atomic E-state index is 0.141. The highest BCUT2D eigenvalue weighted by atomic mass is 16.5. The van der Waals surface area contributed by atoms with E-state index in [1.54, 1.807) is 0 Å². The maximum Gasteiger partial charge on any atom is 0.119 e. The third kappa shape index (κ3) is 5.24. The predicted molar refractivity (Wildman–Crippen MR) is 88.8 cm³/mol. The van der Waals surface area contributed by atoms with Crippen molar-refractivity contribution in [3.63, 3.8) is 0 Å². The molecule has 1 unspecified atom stereocenters. The number of benzene rings is 2. The number of hydrogen-bond donors (Lipinski definition) is 1. The average Bonchev–Trinajstić information content (AvgIpc) is 2.48. The highest BCUT2D eigenvalue weighted by Gasteiger charge is 2.05. The van der Waals surface area contributed by atoms with Crippen LogP contribution in [0.1, 0.15) is 30.0 Å². The molecule has 0 aliphatic carbocycles. The maximum absolute atomic E-state index is 6.19. The Bertz CT molecular complexity index is 548. The van der Waals surface area contributed by atoms with Crippen LogP contribution in [0.25, 0.3) is 0 Å². The van der Waals surface area contributed by atoms with Crippen LogP contribution in [0.2, 0.25) is 0 Å². The fraction of sp³-hybridized carbons (Fsp3) is 0.368. The van der Waals surface area contributed by atoms with E-state index in [1.165, 1.54) is 16.7 Å². The third-order valence-electron chi connectivity index (χ3n) is 3.68. The van der Waals surface area contributed by atoms with Gasteiger partial charge in [-0.15, -0.1) is 0 Å².